The number of nitrogens with zero attached hydrogens (tertiary/aromatic N) is 3. The van der Waals surface area contributed by atoms with E-state index in [-0.39, 0.29) is 0 Å². The molecule has 0 spiro atoms. The van der Waals surface area contributed by atoms with E-state index >= 15 is 0 Å². The van der Waals surface area contributed by atoms with E-state index in [1.165, 1.54) is 19.3 Å². The molecule has 0 radical (unpaired) electrons. The van der Waals surface area contributed by atoms with Gasteiger partial charge in [-0.15, -0.1) is 0 Å². The second-order valence-corrected chi connectivity index (χ2v) is 9.21. The van der Waals surface area contributed by atoms with Crippen LogP contribution in [0.5, 0.6) is 0 Å². The molecule has 1 aliphatic heterocycles. The summed E-state index contributed by atoms with van der Waals surface area (Å²) in [5, 5.41) is 1.08. The van der Waals surface area contributed by atoms with E-state index in [9.17, 15) is 0 Å². The Morgan fingerprint density at radius 2 is 1.92 bits per heavy atom. The Morgan fingerprint density at radius 1 is 1.12 bits per heavy atom. The van der Waals surface area contributed by atoms with Gasteiger partial charge in [-0.3, -0.25) is 0 Å². The summed E-state index contributed by atoms with van der Waals surface area (Å²) in [7, 11) is 0. The van der Waals surface area contributed by atoms with Crippen LogP contribution in [0.25, 0.3) is 22.1 Å². The van der Waals surface area contributed by atoms with Crippen LogP contribution in [-0.4, -0.2) is 22.6 Å². The highest BCUT2D eigenvalue weighted by Crippen LogP contribution is 2.54. The van der Waals surface area contributed by atoms with Crippen molar-refractivity contribution < 1.29 is 4.42 Å². The van der Waals surface area contributed by atoms with Gasteiger partial charge in [-0.1, -0.05) is 32.9 Å². The molecule has 3 aromatic rings. The molecule has 0 N–H and O–H groups in total. The van der Waals surface area contributed by atoms with Gasteiger partial charge in [0.05, 0.1) is 0 Å². The summed E-state index contributed by atoms with van der Waals surface area (Å²) in [6.45, 7) is 10.3. The lowest BCUT2D eigenvalue weighted by Gasteiger charge is -2.39. The van der Waals surface area contributed by atoms with Crippen molar-refractivity contribution in [3.8, 4) is 0 Å². The number of hydrogen-bond donors (Lipinski definition) is 0. The monoisotopic (exact) mass is 335 g/mol. The first kappa shape index (κ1) is 15.2. The predicted octanol–water partition coefficient (Wildman–Crippen LogP) is 5.09. The summed E-state index contributed by atoms with van der Waals surface area (Å²) < 4.78 is 6.22. The second-order valence-electron chi connectivity index (χ2n) is 9.21. The Labute approximate surface area is 148 Å². The van der Waals surface area contributed by atoms with Gasteiger partial charge < -0.3 is 9.32 Å². The maximum atomic E-state index is 6.22. The first-order valence-electron chi connectivity index (χ1n) is 9.26. The maximum Gasteiger partial charge on any atom is 0.196 e. The Morgan fingerprint density at radius 3 is 2.76 bits per heavy atom. The van der Waals surface area contributed by atoms with Crippen molar-refractivity contribution in [3.63, 3.8) is 0 Å². The molecular formula is C21H25N3O. The van der Waals surface area contributed by atoms with E-state index in [4.69, 9.17) is 14.4 Å². The molecule has 4 heteroatoms. The van der Waals surface area contributed by atoms with E-state index in [0.29, 0.717) is 16.9 Å². The van der Waals surface area contributed by atoms with Crippen LogP contribution in [0.1, 0.15) is 45.9 Å². The Hall–Kier alpha value is -2.10. The summed E-state index contributed by atoms with van der Waals surface area (Å²) in [5.74, 6) is 1.81. The van der Waals surface area contributed by atoms with Crippen LogP contribution in [0.4, 0.5) is 5.82 Å². The Balaban J connectivity index is 1.71. The van der Waals surface area contributed by atoms with Gasteiger partial charge in [0, 0.05) is 18.0 Å². The van der Waals surface area contributed by atoms with E-state index in [2.05, 4.69) is 31.7 Å². The highest BCUT2D eigenvalue weighted by molar-refractivity contribution is 6.05. The van der Waals surface area contributed by atoms with Gasteiger partial charge >= 0.3 is 0 Å². The van der Waals surface area contributed by atoms with E-state index in [1.54, 1.807) is 0 Å². The van der Waals surface area contributed by atoms with Crippen LogP contribution < -0.4 is 4.90 Å². The van der Waals surface area contributed by atoms with E-state index < -0.39 is 0 Å². The highest BCUT2D eigenvalue weighted by atomic mass is 16.3. The van der Waals surface area contributed by atoms with Crippen molar-refractivity contribution in [3.05, 3.63) is 30.1 Å². The van der Waals surface area contributed by atoms with Crippen molar-refractivity contribution in [2.45, 2.75) is 53.0 Å². The minimum atomic E-state index is 0.365. The molecule has 0 unspecified atom stereocenters. The van der Waals surface area contributed by atoms with Crippen molar-refractivity contribution in [1.82, 2.24) is 9.97 Å². The number of benzene rings is 1. The highest BCUT2D eigenvalue weighted by Gasteiger charge is 2.50. The third-order valence-corrected chi connectivity index (χ3v) is 6.00. The molecule has 5 rings (SSSR count). The lowest BCUT2D eigenvalue weighted by atomic mass is 9.65. The number of rotatable bonds is 1. The molecule has 1 saturated carbocycles. The minimum Gasteiger partial charge on any atom is -0.450 e. The third-order valence-electron chi connectivity index (χ3n) is 6.00. The van der Waals surface area contributed by atoms with Gasteiger partial charge in [-0.2, -0.15) is 0 Å². The summed E-state index contributed by atoms with van der Waals surface area (Å²) in [6.07, 6.45) is 3.74. The smallest absolute Gasteiger partial charge is 0.196 e. The van der Waals surface area contributed by atoms with E-state index in [0.717, 1.165) is 40.3 Å². The van der Waals surface area contributed by atoms with Gasteiger partial charge in [0.15, 0.2) is 11.4 Å². The fourth-order valence-electron chi connectivity index (χ4n) is 5.59. The minimum absolute atomic E-state index is 0.365. The van der Waals surface area contributed by atoms with Crippen molar-refractivity contribution in [1.29, 1.82) is 0 Å². The topological polar surface area (TPSA) is 42.2 Å². The fourth-order valence-corrected chi connectivity index (χ4v) is 5.59. The molecule has 4 nitrogen and oxygen atoms in total. The van der Waals surface area contributed by atoms with Crippen LogP contribution in [0.3, 0.4) is 0 Å². The fraction of sp³-hybridized carbons (Fsp3) is 0.524. The van der Waals surface area contributed by atoms with Crippen molar-refractivity contribution in [2.75, 3.05) is 11.4 Å². The molecule has 2 aromatic heterocycles. The number of para-hydroxylation sites is 1. The van der Waals surface area contributed by atoms with Gasteiger partial charge in [-0.25, -0.2) is 9.97 Å². The molecule has 3 heterocycles. The number of aryl methyl sites for hydroxylation is 1. The van der Waals surface area contributed by atoms with Gasteiger partial charge in [0.2, 0.25) is 0 Å². The van der Waals surface area contributed by atoms with Crippen LogP contribution in [0.15, 0.2) is 28.7 Å². The zero-order valence-corrected chi connectivity index (χ0v) is 15.5. The summed E-state index contributed by atoms with van der Waals surface area (Å²) in [5.41, 5.74) is 3.45. The molecule has 1 saturated heterocycles. The first-order valence-corrected chi connectivity index (χ1v) is 9.26. The summed E-state index contributed by atoms with van der Waals surface area (Å²) in [6, 6.07) is 8.70. The van der Waals surface area contributed by atoms with Gasteiger partial charge in [0.25, 0.3) is 0 Å². The predicted molar refractivity (Wildman–Crippen MR) is 101 cm³/mol. The lowest BCUT2D eigenvalue weighted by molar-refractivity contribution is 0.136. The molecule has 1 aromatic carbocycles. The summed E-state index contributed by atoms with van der Waals surface area (Å²) >= 11 is 0. The first-order chi connectivity index (χ1) is 11.8. The largest absolute Gasteiger partial charge is 0.450 e. The number of furan rings is 1. The summed E-state index contributed by atoms with van der Waals surface area (Å²) in [4.78, 5) is 12.0. The average molecular weight is 335 g/mol. The zero-order valence-electron chi connectivity index (χ0n) is 15.5. The number of fused-ring (bicyclic) bond motifs is 5. The zero-order chi connectivity index (χ0) is 17.4. The number of anilines is 1. The molecule has 2 aliphatic rings. The molecule has 130 valence electrons. The average Bonchev–Trinajstić information content (AvgIpc) is 3.00. The number of hydrogen-bond acceptors (Lipinski definition) is 4. The van der Waals surface area contributed by atoms with Crippen LogP contribution >= 0.6 is 0 Å². The second kappa shape index (κ2) is 4.75. The Kier molecular flexibility index (Phi) is 2.88. The molecule has 2 atom stereocenters. The molecule has 2 bridgehead atoms. The van der Waals surface area contributed by atoms with Gasteiger partial charge in [0.1, 0.15) is 16.9 Å². The van der Waals surface area contributed by atoms with Crippen LogP contribution in [0, 0.1) is 17.8 Å². The standard InChI is InChI=1S/C21H25N3O/c1-13-22-17-15-7-5-6-8-16(15)25-18(17)19(23-13)24-12-21(4)10-14(24)9-20(2,3)11-21/h5-8,14H,9-12H2,1-4H3/t14-,21-/m0/s1. The van der Waals surface area contributed by atoms with Gasteiger partial charge in [-0.05, 0) is 49.1 Å². The normalized spacial score (nSPS) is 28.2. The van der Waals surface area contributed by atoms with Crippen molar-refractivity contribution >= 4 is 27.9 Å². The lowest BCUT2D eigenvalue weighted by Crippen LogP contribution is -2.35. The molecule has 2 fully saturated rings. The molecular weight excluding hydrogens is 310 g/mol. The molecule has 25 heavy (non-hydrogen) atoms. The Bertz CT molecular complexity index is 989. The SMILES string of the molecule is Cc1nc(N2C[C@@]3(C)C[C@@H]2CC(C)(C)C3)c2oc3ccccc3c2n1. The quantitative estimate of drug-likeness (QED) is 0.621. The van der Waals surface area contributed by atoms with Crippen LogP contribution in [-0.2, 0) is 0 Å². The van der Waals surface area contributed by atoms with Crippen LogP contribution in [0.2, 0.25) is 0 Å². The number of aromatic nitrogens is 2. The third kappa shape index (κ3) is 2.26. The molecule has 0 amide bonds. The van der Waals surface area contributed by atoms with Crippen molar-refractivity contribution in [2.24, 2.45) is 10.8 Å². The van der Waals surface area contributed by atoms with E-state index in [1.807, 2.05) is 25.1 Å². The maximum absolute atomic E-state index is 6.22. The molecule has 1 aliphatic carbocycles.